The average molecular weight is 531 g/mol. The van der Waals surface area contributed by atoms with Crippen molar-refractivity contribution in [2.24, 2.45) is 5.92 Å². The minimum atomic E-state index is 0.0424. The summed E-state index contributed by atoms with van der Waals surface area (Å²) in [5.41, 5.74) is 6.41. The Labute approximate surface area is 240 Å². The van der Waals surface area contributed by atoms with Crippen LogP contribution in [0, 0.1) is 5.92 Å². The first-order valence-corrected chi connectivity index (χ1v) is 14.9. The molecule has 0 spiro atoms. The van der Waals surface area contributed by atoms with Gasteiger partial charge in [-0.3, -0.25) is 9.69 Å². The molecular weight excluding hydrogens is 488 g/mol. The summed E-state index contributed by atoms with van der Waals surface area (Å²) >= 11 is 0. The molecule has 0 unspecified atom stereocenters. The highest BCUT2D eigenvalue weighted by Gasteiger charge is 2.30. The maximum Gasteiger partial charge on any atom is 0.225 e. The summed E-state index contributed by atoms with van der Waals surface area (Å²) in [5.74, 6) is 0.393. The van der Waals surface area contributed by atoms with E-state index in [1.54, 1.807) is 0 Å². The highest BCUT2D eigenvalue weighted by molar-refractivity contribution is 5.79. The zero-order chi connectivity index (χ0) is 27.6. The summed E-state index contributed by atoms with van der Waals surface area (Å²) in [6.45, 7) is 5.73. The minimum absolute atomic E-state index is 0.0424. The first-order chi connectivity index (χ1) is 19.7. The minimum Gasteiger partial charge on any atom is -0.342 e. The summed E-state index contributed by atoms with van der Waals surface area (Å²) in [4.78, 5) is 18.3. The molecule has 0 radical (unpaired) electrons. The molecule has 0 aromatic heterocycles. The maximum absolute atomic E-state index is 13.6. The third-order valence-electron chi connectivity index (χ3n) is 8.32. The Kier molecular flexibility index (Phi) is 9.82. The number of amides is 1. The lowest BCUT2D eigenvalue weighted by Gasteiger charge is -2.35. The summed E-state index contributed by atoms with van der Waals surface area (Å²) in [7, 11) is 0. The van der Waals surface area contributed by atoms with Gasteiger partial charge >= 0.3 is 0 Å². The molecule has 206 valence electrons. The zero-order valence-corrected chi connectivity index (χ0v) is 23.8. The zero-order valence-electron chi connectivity index (χ0n) is 23.8. The fourth-order valence-electron chi connectivity index (χ4n) is 6.01. The van der Waals surface area contributed by atoms with Crippen molar-refractivity contribution in [3.05, 3.63) is 132 Å². The second-order valence-electron chi connectivity index (χ2n) is 11.2. The molecule has 2 atom stereocenters. The Morgan fingerprint density at radius 3 is 1.70 bits per heavy atom. The van der Waals surface area contributed by atoms with Gasteiger partial charge in [-0.1, -0.05) is 122 Å². The number of carbonyl (C=O) groups excluding carboxylic acids is 1. The van der Waals surface area contributed by atoms with E-state index in [9.17, 15) is 4.79 Å². The molecule has 3 nitrogen and oxygen atoms in total. The van der Waals surface area contributed by atoms with Gasteiger partial charge in [0.15, 0.2) is 0 Å². The number of hydrogen-bond acceptors (Lipinski definition) is 2. The fourth-order valence-corrected chi connectivity index (χ4v) is 6.01. The van der Waals surface area contributed by atoms with Gasteiger partial charge in [0, 0.05) is 38.1 Å². The Bertz CT molecular complexity index is 1260. The van der Waals surface area contributed by atoms with Gasteiger partial charge in [-0.25, -0.2) is 0 Å². The molecule has 0 bridgehead atoms. The summed E-state index contributed by atoms with van der Waals surface area (Å²) in [5, 5.41) is 0. The van der Waals surface area contributed by atoms with Gasteiger partial charge in [0.25, 0.3) is 0 Å². The number of nitrogens with zero attached hydrogens (tertiary/aromatic N) is 2. The molecule has 40 heavy (non-hydrogen) atoms. The van der Waals surface area contributed by atoms with E-state index >= 15 is 0 Å². The molecular formula is C37H42N2O. The molecule has 1 saturated heterocycles. The van der Waals surface area contributed by atoms with Crippen molar-refractivity contribution >= 4 is 5.91 Å². The largest absolute Gasteiger partial charge is 0.342 e. The predicted molar refractivity (Wildman–Crippen MR) is 166 cm³/mol. The highest BCUT2D eigenvalue weighted by atomic mass is 16.2. The van der Waals surface area contributed by atoms with Gasteiger partial charge in [-0.05, 0) is 59.9 Å². The van der Waals surface area contributed by atoms with Crippen molar-refractivity contribution in [3.63, 3.8) is 0 Å². The molecule has 0 N–H and O–H groups in total. The van der Waals surface area contributed by atoms with E-state index in [1.807, 2.05) is 0 Å². The maximum atomic E-state index is 13.6. The molecule has 5 rings (SSSR count). The predicted octanol–water partition coefficient (Wildman–Crippen LogP) is 8.01. The van der Waals surface area contributed by atoms with Gasteiger partial charge in [0.05, 0.1) is 0 Å². The van der Waals surface area contributed by atoms with E-state index in [-0.39, 0.29) is 12.0 Å². The van der Waals surface area contributed by atoms with Crippen LogP contribution in [0.2, 0.25) is 0 Å². The highest BCUT2D eigenvalue weighted by Crippen LogP contribution is 2.27. The lowest BCUT2D eigenvalue weighted by Crippen LogP contribution is -2.41. The standard InChI is InChI=1S/C37H42N2O/c1-2-33(37(40)38-24-12-13-25-38)27-36(26-30-20-22-35(23-21-30)34-18-10-5-11-19-34)39(28-31-14-6-3-7-15-31)29-32-16-8-4-9-17-32/h3-11,14-23,33,36H,2,12-13,24-29H2,1H3/t33-,36-/m1/s1. The van der Waals surface area contributed by atoms with Gasteiger partial charge in [-0.2, -0.15) is 0 Å². The smallest absolute Gasteiger partial charge is 0.225 e. The first-order valence-electron chi connectivity index (χ1n) is 14.9. The summed E-state index contributed by atoms with van der Waals surface area (Å²) in [6.07, 6.45) is 4.93. The van der Waals surface area contributed by atoms with Crippen LogP contribution in [0.15, 0.2) is 115 Å². The summed E-state index contributed by atoms with van der Waals surface area (Å²) in [6, 6.07) is 41.4. The van der Waals surface area contributed by atoms with E-state index in [2.05, 4.69) is 132 Å². The molecule has 4 aromatic carbocycles. The van der Waals surface area contributed by atoms with E-state index in [0.717, 1.165) is 58.3 Å². The van der Waals surface area contributed by atoms with Crippen molar-refractivity contribution in [3.8, 4) is 11.1 Å². The van der Waals surface area contributed by atoms with Crippen LogP contribution in [-0.2, 0) is 24.3 Å². The second-order valence-corrected chi connectivity index (χ2v) is 11.2. The number of likely N-dealkylation sites (tertiary alicyclic amines) is 1. The third-order valence-corrected chi connectivity index (χ3v) is 8.32. The first kappa shape index (κ1) is 27.9. The lowest BCUT2D eigenvalue weighted by atomic mass is 9.90. The average Bonchev–Trinajstić information content (AvgIpc) is 3.56. The van der Waals surface area contributed by atoms with Crippen LogP contribution in [-0.4, -0.2) is 34.8 Å². The van der Waals surface area contributed by atoms with Crippen molar-refractivity contribution in [2.45, 2.75) is 58.2 Å². The van der Waals surface area contributed by atoms with Crippen LogP contribution in [0.25, 0.3) is 11.1 Å². The molecule has 4 aromatic rings. The van der Waals surface area contributed by atoms with E-state index in [1.165, 1.54) is 27.8 Å². The molecule has 1 aliphatic heterocycles. The SMILES string of the molecule is CC[C@H](C[C@@H](Cc1ccc(-c2ccccc2)cc1)N(Cc1ccccc1)Cc1ccccc1)C(=O)N1CCCC1. The Morgan fingerprint density at radius 2 is 1.18 bits per heavy atom. The third kappa shape index (κ3) is 7.49. The molecule has 3 heteroatoms. The van der Waals surface area contributed by atoms with Gasteiger partial charge < -0.3 is 4.90 Å². The molecule has 1 amide bonds. The van der Waals surface area contributed by atoms with Gasteiger partial charge in [-0.15, -0.1) is 0 Å². The van der Waals surface area contributed by atoms with Crippen molar-refractivity contribution < 1.29 is 4.79 Å². The number of hydrogen-bond donors (Lipinski definition) is 0. The quantitative estimate of drug-likeness (QED) is 0.185. The molecule has 0 aliphatic carbocycles. The van der Waals surface area contributed by atoms with Crippen LogP contribution in [0.4, 0.5) is 0 Å². The molecule has 1 heterocycles. The van der Waals surface area contributed by atoms with Crippen molar-refractivity contribution in [2.75, 3.05) is 13.1 Å². The van der Waals surface area contributed by atoms with Crippen LogP contribution in [0.3, 0.4) is 0 Å². The topological polar surface area (TPSA) is 23.6 Å². The van der Waals surface area contributed by atoms with Gasteiger partial charge in [0.1, 0.15) is 0 Å². The fraction of sp³-hybridized carbons (Fsp3) is 0.324. The Morgan fingerprint density at radius 1 is 0.675 bits per heavy atom. The van der Waals surface area contributed by atoms with Gasteiger partial charge in [0.2, 0.25) is 5.91 Å². The van der Waals surface area contributed by atoms with E-state index in [0.29, 0.717) is 5.91 Å². The molecule has 1 fully saturated rings. The summed E-state index contributed by atoms with van der Waals surface area (Å²) < 4.78 is 0. The number of rotatable bonds is 12. The van der Waals surface area contributed by atoms with Crippen LogP contribution < -0.4 is 0 Å². The Hall–Kier alpha value is -3.69. The Balaban J connectivity index is 1.44. The number of benzene rings is 4. The molecule has 0 saturated carbocycles. The second kappa shape index (κ2) is 14.1. The monoisotopic (exact) mass is 530 g/mol. The lowest BCUT2D eigenvalue weighted by molar-refractivity contribution is -0.135. The molecule has 1 aliphatic rings. The van der Waals surface area contributed by atoms with E-state index in [4.69, 9.17) is 0 Å². The van der Waals surface area contributed by atoms with Crippen LogP contribution >= 0.6 is 0 Å². The van der Waals surface area contributed by atoms with Crippen molar-refractivity contribution in [1.29, 1.82) is 0 Å². The van der Waals surface area contributed by atoms with Crippen LogP contribution in [0.5, 0.6) is 0 Å². The number of carbonyl (C=O) groups is 1. The van der Waals surface area contributed by atoms with Crippen LogP contribution in [0.1, 0.15) is 49.3 Å². The van der Waals surface area contributed by atoms with Crippen molar-refractivity contribution in [1.82, 2.24) is 9.80 Å². The normalized spacial score (nSPS) is 14.8. The van der Waals surface area contributed by atoms with E-state index < -0.39 is 0 Å².